The van der Waals surface area contributed by atoms with Crippen molar-refractivity contribution < 1.29 is 78.5 Å². The van der Waals surface area contributed by atoms with Gasteiger partial charge in [-0.25, -0.2) is 21.6 Å². The first-order chi connectivity index (χ1) is 18.9. The molecule has 0 heterocycles. The van der Waals surface area contributed by atoms with Gasteiger partial charge in [0.25, 0.3) is 10.0 Å². The predicted octanol–water partition coefficient (Wildman–Crippen LogP) is 3.96. The van der Waals surface area contributed by atoms with E-state index in [2.05, 4.69) is 10.8 Å². The molecule has 0 aliphatic heterocycles. The molecule has 0 aromatic heterocycles. The van der Waals surface area contributed by atoms with Crippen LogP contribution in [0.2, 0.25) is 0 Å². The van der Waals surface area contributed by atoms with Gasteiger partial charge in [0, 0.05) is 22.1 Å². The molecule has 0 saturated carbocycles. The quantitative estimate of drug-likeness (QED) is 0.0813. The Morgan fingerprint density at radius 3 is 1.90 bits per heavy atom. The molecule has 0 bridgehead atoms. The number of hydrogen-bond donors (Lipinski definition) is 1. The monoisotopic (exact) mass is 699 g/mol. The van der Waals surface area contributed by atoms with Crippen LogP contribution >= 0.6 is 11.8 Å². The third-order valence-electron chi connectivity index (χ3n) is 4.70. The van der Waals surface area contributed by atoms with E-state index in [1.54, 1.807) is 0 Å². The molecule has 2 aromatic carbocycles. The summed E-state index contributed by atoms with van der Waals surface area (Å²) in [4.78, 5) is 11.3. The second-order valence-corrected chi connectivity index (χ2v) is 13.9. The van der Waals surface area contributed by atoms with Crippen molar-refractivity contribution in [3.05, 3.63) is 49.1 Å². The van der Waals surface area contributed by atoms with E-state index in [0.29, 0.717) is 6.07 Å². The number of benzene rings is 2. The van der Waals surface area contributed by atoms with Crippen LogP contribution < -0.4 is 8.31 Å². The van der Waals surface area contributed by atoms with E-state index in [0.717, 1.165) is 30.0 Å². The Morgan fingerprint density at radius 2 is 1.38 bits per heavy atom. The Balaban J connectivity index is 2.47. The van der Waals surface area contributed by atoms with Crippen molar-refractivity contribution in [2.75, 3.05) is 12.4 Å². The van der Waals surface area contributed by atoms with E-state index in [-0.39, 0.29) is 28.0 Å². The van der Waals surface area contributed by atoms with E-state index < -0.39 is 68.0 Å². The Bertz CT molecular complexity index is 1690. The van der Waals surface area contributed by atoms with Gasteiger partial charge >= 0.3 is 48.1 Å². The van der Waals surface area contributed by atoms with Crippen molar-refractivity contribution in [2.24, 2.45) is 0 Å². The van der Waals surface area contributed by atoms with Gasteiger partial charge in [-0.1, -0.05) is 35.0 Å². The second-order valence-electron chi connectivity index (χ2n) is 7.51. The number of carbonyl (C=O) groups excluding carboxylic acids is 1. The molecule has 0 fully saturated rings. The molecule has 236 valence electrons. The SMILES string of the molecule is C=CC(=O)OCCSc1ccc(OS(=O)(=O)C(F)(F)C(F)(F)C(F)(F)S(=O)(=O)NS(=O)(=O)C(F)(F)F)c2ccccc12. The molecule has 0 spiro atoms. The number of nitrogens with one attached hydrogen (secondary N) is 1. The number of sulfonamides is 2. The third kappa shape index (κ3) is 6.58. The van der Waals surface area contributed by atoms with Gasteiger partial charge < -0.3 is 8.92 Å². The van der Waals surface area contributed by atoms with Crippen LogP contribution in [0.3, 0.4) is 0 Å². The molecule has 0 amide bonds. The van der Waals surface area contributed by atoms with Crippen molar-refractivity contribution in [3.63, 3.8) is 0 Å². The Labute approximate surface area is 235 Å². The smallest absolute Gasteiger partial charge is 0.462 e. The average Bonchev–Trinajstić information content (AvgIpc) is 2.85. The van der Waals surface area contributed by atoms with Crippen molar-refractivity contribution in [1.29, 1.82) is 0 Å². The molecule has 0 saturated heterocycles. The van der Waals surface area contributed by atoms with E-state index in [4.69, 9.17) is 4.74 Å². The lowest BCUT2D eigenvalue weighted by molar-refractivity contribution is -0.245. The zero-order chi connectivity index (χ0) is 32.6. The molecule has 0 aliphatic carbocycles. The molecule has 23 heteroatoms. The summed E-state index contributed by atoms with van der Waals surface area (Å²) in [5, 5.41) is -15.1. The van der Waals surface area contributed by atoms with Gasteiger partial charge in [-0.05, 0) is 17.5 Å². The number of fused-ring (bicyclic) bond motifs is 1. The van der Waals surface area contributed by atoms with Gasteiger partial charge in [0.05, 0.1) is 0 Å². The molecular formula is C19H14F9NO9S4. The lowest BCUT2D eigenvalue weighted by Crippen LogP contribution is -2.64. The zero-order valence-electron chi connectivity index (χ0n) is 19.9. The first-order valence-corrected chi connectivity index (χ1v) is 15.6. The minimum absolute atomic E-state index is 0.0230. The summed E-state index contributed by atoms with van der Waals surface area (Å²) in [7, 11) is -22.6. The van der Waals surface area contributed by atoms with Crippen molar-refractivity contribution >= 4 is 58.7 Å². The number of ether oxygens (including phenoxy) is 1. The van der Waals surface area contributed by atoms with E-state index >= 15 is 0 Å². The molecule has 0 unspecified atom stereocenters. The summed E-state index contributed by atoms with van der Waals surface area (Å²) in [6, 6.07) is 6.43. The maximum atomic E-state index is 14.5. The molecule has 2 rings (SSSR count). The lowest BCUT2D eigenvalue weighted by atomic mass is 10.1. The minimum atomic E-state index is -7.91. The number of carbonyl (C=O) groups is 1. The van der Waals surface area contributed by atoms with Gasteiger partial charge in [0.15, 0.2) is 5.75 Å². The zero-order valence-corrected chi connectivity index (χ0v) is 23.1. The number of rotatable bonds is 13. The van der Waals surface area contributed by atoms with E-state index in [9.17, 15) is 69.6 Å². The minimum Gasteiger partial charge on any atom is -0.462 e. The van der Waals surface area contributed by atoms with Crippen LogP contribution in [0.15, 0.2) is 53.9 Å². The molecule has 2 aromatic rings. The van der Waals surface area contributed by atoms with E-state index in [1.165, 1.54) is 18.2 Å². The summed E-state index contributed by atoms with van der Waals surface area (Å²) in [6.07, 6.45) is 0.873. The van der Waals surface area contributed by atoms with Crippen LogP contribution in [0, 0.1) is 0 Å². The molecule has 10 nitrogen and oxygen atoms in total. The standard InChI is InChI=1S/C19H14F9NO9S4/c1-2-15(30)37-9-10-39-14-8-7-13(11-5-3-4-6-12(11)14)38-42(35,36)18(24,25)16(20,21)17(22,23)40(31,32)29-41(33,34)19(26,27)28/h2-8,29H,1,9-10H2. The Morgan fingerprint density at radius 1 is 0.833 bits per heavy atom. The first kappa shape index (κ1) is 35.4. The number of thioether (sulfide) groups is 1. The summed E-state index contributed by atoms with van der Waals surface area (Å²) in [5.41, 5.74) is -6.69. The number of halogens is 9. The number of alkyl halides is 9. The highest BCUT2D eigenvalue weighted by molar-refractivity contribution is 8.05. The van der Waals surface area contributed by atoms with Crippen LogP contribution in [0.5, 0.6) is 5.75 Å². The van der Waals surface area contributed by atoms with Crippen LogP contribution in [0.1, 0.15) is 0 Å². The molecule has 0 aliphatic rings. The van der Waals surface area contributed by atoms with Crippen LogP contribution in [0.4, 0.5) is 39.5 Å². The third-order valence-corrected chi connectivity index (χ3v) is 10.3. The van der Waals surface area contributed by atoms with Crippen LogP contribution in [-0.4, -0.2) is 65.5 Å². The largest absolute Gasteiger partial charge is 0.512 e. The molecule has 0 atom stereocenters. The Hall–Kier alpha value is -2.76. The fourth-order valence-electron chi connectivity index (χ4n) is 2.70. The van der Waals surface area contributed by atoms with Gasteiger partial charge in [0.1, 0.15) is 6.61 Å². The second kappa shape index (κ2) is 11.7. The fraction of sp³-hybridized carbons (Fsp3) is 0.316. The first-order valence-electron chi connectivity index (χ1n) is 10.2. The van der Waals surface area contributed by atoms with Crippen molar-refractivity contribution in [2.45, 2.75) is 26.8 Å². The van der Waals surface area contributed by atoms with Crippen molar-refractivity contribution in [3.8, 4) is 5.75 Å². The van der Waals surface area contributed by atoms with Crippen LogP contribution in [0.25, 0.3) is 10.8 Å². The Kier molecular flexibility index (Phi) is 9.90. The number of esters is 1. The average molecular weight is 700 g/mol. The summed E-state index contributed by atoms with van der Waals surface area (Å²) < 4.78 is 200. The van der Waals surface area contributed by atoms with Gasteiger partial charge in [-0.3, -0.25) is 0 Å². The summed E-state index contributed by atoms with van der Waals surface area (Å²) >= 11 is 0.964. The molecule has 42 heavy (non-hydrogen) atoms. The van der Waals surface area contributed by atoms with E-state index in [1.807, 2.05) is 0 Å². The summed E-state index contributed by atoms with van der Waals surface area (Å²) in [6.45, 7) is 3.01. The molecule has 0 radical (unpaired) electrons. The highest BCUT2D eigenvalue weighted by atomic mass is 32.3. The van der Waals surface area contributed by atoms with Gasteiger partial charge in [-0.15, -0.1) is 11.8 Å². The normalized spacial score (nSPS) is 14.0. The fourth-order valence-corrected chi connectivity index (χ4v) is 7.00. The highest BCUT2D eigenvalue weighted by Gasteiger charge is 2.83. The topological polar surface area (TPSA) is 150 Å². The van der Waals surface area contributed by atoms with Gasteiger partial charge in [0.2, 0.25) is 0 Å². The molecular weight excluding hydrogens is 685 g/mol. The molecule has 1 N–H and O–H groups in total. The summed E-state index contributed by atoms with van der Waals surface area (Å²) in [5.74, 6) is -9.47. The maximum Gasteiger partial charge on any atom is 0.512 e. The van der Waals surface area contributed by atoms with Gasteiger partial charge in [-0.2, -0.15) is 47.9 Å². The van der Waals surface area contributed by atoms with Crippen LogP contribution in [-0.2, 0) is 39.7 Å². The maximum absolute atomic E-state index is 14.5. The van der Waals surface area contributed by atoms with Crippen molar-refractivity contribution in [1.82, 2.24) is 4.13 Å². The highest BCUT2D eigenvalue weighted by Crippen LogP contribution is 2.51. The lowest BCUT2D eigenvalue weighted by Gasteiger charge is -2.31. The predicted molar refractivity (Wildman–Crippen MR) is 127 cm³/mol. The number of hydrogen-bond acceptors (Lipinski definition) is 10.